The average Bonchev–Trinajstić information content (AvgIpc) is 3.29. The molecule has 1 aromatic heterocycles. The Kier molecular flexibility index (Phi) is 8.55. The van der Waals surface area contributed by atoms with Gasteiger partial charge in [-0.1, -0.05) is 25.3 Å². The smallest absolute Gasteiger partial charge is 0.335 e. The number of carboxylic acid groups (broad SMARTS) is 1. The normalized spacial score (nSPS) is 16.7. The van der Waals surface area contributed by atoms with Crippen molar-refractivity contribution in [2.24, 2.45) is 5.73 Å². The van der Waals surface area contributed by atoms with Gasteiger partial charge in [0.05, 0.1) is 37.6 Å². The van der Waals surface area contributed by atoms with Crippen LogP contribution in [0.2, 0.25) is 0 Å². The maximum Gasteiger partial charge on any atom is 0.335 e. The molecule has 10 nitrogen and oxygen atoms in total. The molecule has 0 unspecified atom stereocenters. The zero-order chi connectivity index (χ0) is 31.6. The molecule has 1 saturated carbocycles. The number of carboxylic acids is 1. The second kappa shape index (κ2) is 13.1. The minimum absolute atomic E-state index is 0.0890. The van der Waals surface area contributed by atoms with E-state index in [0.29, 0.717) is 55.9 Å². The fraction of sp³-hybridized carbons (Fsp3) is 0.389. The summed E-state index contributed by atoms with van der Waals surface area (Å²) in [5.41, 5.74) is 12.9. The van der Waals surface area contributed by atoms with Gasteiger partial charge in [0.25, 0.3) is 0 Å². The number of hydrogen-bond acceptors (Lipinski definition) is 7. The molecule has 3 aromatic carbocycles. The first-order valence-electron chi connectivity index (χ1n) is 16.2. The molecule has 2 fully saturated rings. The topological polar surface area (TPSA) is 128 Å². The number of anilines is 2. The summed E-state index contributed by atoms with van der Waals surface area (Å²) in [4.78, 5) is 26.2. The molecule has 10 heteroatoms. The van der Waals surface area contributed by atoms with Crippen molar-refractivity contribution >= 4 is 34.2 Å². The summed E-state index contributed by atoms with van der Waals surface area (Å²) in [5.74, 6) is 0.675. The van der Waals surface area contributed by atoms with Crippen LogP contribution >= 0.6 is 0 Å². The largest absolute Gasteiger partial charge is 0.491 e. The van der Waals surface area contributed by atoms with Crippen molar-refractivity contribution in [3.8, 4) is 22.8 Å². The Morgan fingerprint density at radius 3 is 2.57 bits per heavy atom. The lowest BCUT2D eigenvalue weighted by molar-refractivity contribution is -0.114. The minimum Gasteiger partial charge on any atom is -0.491 e. The highest BCUT2D eigenvalue weighted by molar-refractivity contribution is 5.99. The Morgan fingerprint density at radius 1 is 0.957 bits per heavy atom. The van der Waals surface area contributed by atoms with Crippen LogP contribution in [0.15, 0.2) is 54.6 Å². The van der Waals surface area contributed by atoms with Crippen molar-refractivity contribution in [3.63, 3.8) is 0 Å². The molecule has 7 rings (SSSR count). The molecule has 0 spiro atoms. The summed E-state index contributed by atoms with van der Waals surface area (Å²) in [7, 11) is 0. The molecule has 4 aromatic rings. The third kappa shape index (κ3) is 5.90. The van der Waals surface area contributed by atoms with E-state index in [1.54, 1.807) is 6.07 Å². The van der Waals surface area contributed by atoms with Crippen molar-refractivity contribution in [1.29, 1.82) is 0 Å². The zero-order valence-corrected chi connectivity index (χ0v) is 25.9. The molecule has 240 valence electrons. The number of ether oxygens (including phenoxy) is 3. The van der Waals surface area contributed by atoms with E-state index in [9.17, 15) is 14.7 Å². The molecule has 1 saturated heterocycles. The number of nitrogens with one attached hydrogen (secondary N) is 1. The number of hydrogen-bond donors (Lipinski definition) is 3. The number of aromatic carboxylic acids is 1. The Balaban J connectivity index is 1.23. The van der Waals surface area contributed by atoms with Crippen molar-refractivity contribution in [2.75, 3.05) is 49.7 Å². The van der Waals surface area contributed by atoms with Gasteiger partial charge in [0.2, 0.25) is 5.91 Å². The van der Waals surface area contributed by atoms with Crippen LogP contribution in [0.3, 0.4) is 0 Å². The Labute approximate surface area is 268 Å². The first kappa shape index (κ1) is 30.1. The zero-order valence-electron chi connectivity index (χ0n) is 25.9. The number of nitrogens with zero attached hydrogens (tertiary/aromatic N) is 2. The molecular weight excluding hydrogens is 584 g/mol. The molecule has 1 aliphatic carbocycles. The summed E-state index contributed by atoms with van der Waals surface area (Å²) in [6, 6.07) is 17.4. The summed E-state index contributed by atoms with van der Waals surface area (Å²) in [6.45, 7) is 4.16. The van der Waals surface area contributed by atoms with Gasteiger partial charge in [0, 0.05) is 52.6 Å². The van der Waals surface area contributed by atoms with Gasteiger partial charge in [0.15, 0.2) is 0 Å². The molecule has 3 aliphatic rings. The van der Waals surface area contributed by atoms with E-state index in [0.717, 1.165) is 65.1 Å². The number of nitrogens with two attached hydrogens (primary N) is 1. The van der Waals surface area contributed by atoms with Crippen LogP contribution in [-0.2, 0) is 22.7 Å². The van der Waals surface area contributed by atoms with Gasteiger partial charge in [-0.3, -0.25) is 4.79 Å². The first-order chi connectivity index (χ1) is 22.5. The Hall–Kier alpha value is -4.54. The van der Waals surface area contributed by atoms with Crippen LogP contribution < -0.4 is 25.4 Å². The fourth-order valence-corrected chi connectivity index (χ4v) is 7.26. The lowest BCUT2D eigenvalue weighted by Crippen LogP contribution is -2.36. The van der Waals surface area contributed by atoms with Crippen LogP contribution in [0.25, 0.3) is 22.2 Å². The monoisotopic (exact) mass is 624 g/mol. The van der Waals surface area contributed by atoms with E-state index in [1.165, 1.54) is 24.8 Å². The number of carbonyl (C=O) groups excluding carboxylic acids is 1. The standard InChI is InChI=1S/C36H40N4O6/c37-21-33(41)38-26-7-11-30(39-12-15-44-16-13-39)25(18-26)22-46-27-8-10-29-32(20-27)45-17-14-40-31-19-24(36(42)43)6-9-28(31)34(35(29)40)23-4-2-1-3-5-23/h6-11,18-20,23H,1-5,12-17,21-22,37H2,(H,38,41)(H,42,43). The predicted octanol–water partition coefficient (Wildman–Crippen LogP) is 5.76. The first-order valence-corrected chi connectivity index (χ1v) is 16.2. The number of carbonyl (C=O) groups is 2. The predicted molar refractivity (Wildman–Crippen MR) is 177 cm³/mol. The highest BCUT2D eigenvalue weighted by Gasteiger charge is 2.30. The molecule has 0 atom stereocenters. The van der Waals surface area contributed by atoms with Gasteiger partial charge in [-0.2, -0.15) is 0 Å². The summed E-state index contributed by atoms with van der Waals surface area (Å²) in [5, 5.41) is 13.7. The van der Waals surface area contributed by atoms with Crippen molar-refractivity contribution in [1.82, 2.24) is 4.57 Å². The van der Waals surface area contributed by atoms with Crippen LogP contribution in [0, 0.1) is 0 Å². The van der Waals surface area contributed by atoms with Crippen molar-refractivity contribution in [2.45, 2.75) is 51.2 Å². The van der Waals surface area contributed by atoms with Crippen LogP contribution in [0.1, 0.15) is 59.5 Å². The van der Waals surface area contributed by atoms with Crippen LogP contribution in [0.4, 0.5) is 11.4 Å². The highest BCUT2D eigenvalue weighted by atomic mass is 16.5. The maximum absolute atomic E-state index is 12.0. The van der Waals surface area contributed by atoms with Gasteiger partial charge < -0.3 is 39.8 Å². The van der Waals surface area contributed by atoms with E-state index < -0.39 is 5.97 Å². The number of morpholine rings is 1. The lowest BCUT2D eigenvalue weighted by Gasteiger charge is -2.31. The Bertz CT molecular complexity index is 1770. The molecule has 3 heterocycles. The molecule has 2 aliphatic heterocycles. The molecule has 0 radical (unpaired) electrons. The van der Waals surface area contributed by atoms with E-state index in [2.05, 4.69) is 20.9 Å². The van der Waals surface area contributed by atoms with Gasteiger partial charge in [-0.05, 0) is 66.8 Å². The number of aromatic nitrogens is 1. The lowest BCUT2D eigenvalue weighted by atomic mass is 9.81. The quantitative estimate of drug-likeness (QED) is 0.226. The summed E-state index contributed by atoms with van der Waals surface area (Å²) in [6.07, 6.45) is 5.90. The summed E-state index contributed by atoms with van der Waals surface area (Å²) < 4.78 is 20.6. The van der Waals surface area contributed by atoms with E-state index in [4.69, 9.17) is 19.9 Å². The highest BCUT2D eigenvalue weighted by Crippen LogP contribution is 2.48. The number of amides is 1. The van der Waals surface area contributed by atoms with Gasteiger partial charge in [0.1, 0.15) is 24.7 Å². The molecule has 0 bridgehead atoms. The number of fused-ring (bicyclic) bond motifs is 5. The molecule has 46 heavy (non-hydrogen) atoms. The van der Waals surface area contributed by atoms with Crippen LogP contribution in [-0.4, -0.2) is 61.0 Å². The molecule has 4 N–H and O–H groups in total. The maximum atomic E-state index is 12.0. The second-order valence-electron chi connectivity index (χ2n) is 12.3. The van der Waals surface area contributed by atoms with Crippen molar-refractivity contribution in [3.05, 3.63) is 71.3 Å². The van der Waals surface area contributed by atoms with Gasteiger partial charge >= 0.3 is 5.97 Å². The second-order valence-corrected chi connectivity index (χ2v) is 12.3. The van der Waals surface area contributed by atoms with E-state index in [1.807, 2.05) is 42.5 Å². The average molecular weight is 625 g/mol. The van der Waals surface area contributed by atoms with E-state index >= 15 is 0 Å². The van der Waals surface area contributed by atoms with Gasteiger partial charge in [-0.25, -0.2) is 4.79 Å². The summed E-state index contributed by atoms with van der Waals surface area (Å²) >= 11 is 0. The van der Waals surface area contributed by atoms with Crippen LogP contribution in [0.5, 0.6) is 11.5 Å². The molecular formula is C36H40N4O6. The number of rotatable bonds is 8. The number of benzene rings is 3. The van der Waals surface area contributed by atoms with Crippen molar-refractivity contribution < 1.29 is 28.9 Å². The third-order valence-corrected chi connectivity index (χ3v) is 9.44. The molecule has 1 amide bonds. The SMILES string of the molecule is NCC(=O)Nc1ccc(N2CCOCC2)c(COc2ccc3c(c2)OCCn2c-3c(C3CCCCC3)c3ccc(C(=O)O)cc32)c1. The fourth-order valence-electron chi connectivity index (χ4n) is 7.26. The van der Waals surface area contributed by atoms with E-state index in [-0.39, 0.29) is 12.5 Å². The third-order valence-electron chi connectivity index (χ3n) is 9.44. The van der Waals surface area contributed by atoms with Gasteiger partial charge in [-0.15, -0.1) is 0 Å². The minimum atomic E-state index is -0.923. The Morgan fingerprint density at radius 2 is 1.78 bits per heavy atom.